The summed E-state index contributed by atoms with van der Waals surface area (Å²) in [4.78, 5) is 13.9. The number of aliphatic hydroxyl groups is 1. The summed E-state index contributed by atoms with van der Waals surface area (Å²) in [6, 6.07) is 0.0555. The van der Waals surface area contributed by atoms with Crippen LogP contribution in [-0.4, -0.2) is 40.4 Å². The zero-order valence-electron chi connectivity index (χ0n) is 11.4. The molecule has 0 saturated heterocycles. The molecule has 0 spiro atoms. The number of amides is 1. The molecule has 1 atom stereocenters. The molecule has 0 aromatic carbocycles. The van der Waals surface area contributed by atoms with Gasteiger partial charge in [0.2, 0.25) is 0 Å². The number of hydrogen-bond donors (Lipinski definition) is 1. The Morgan fingerprint density at radius 1 is 1.41 bits per heavy atom. The third-order valence-electron chi connectivity index (χ3n) is 3.06. The average Bonchev–Trinajstić information content (AvgIpc) is 2.68. The second-order valence-corrected chi connectivity index (χ2v) is 5.86. The third-order valence-corrected chi connectivity index (χ3v) is 3.06. The molecule has 1 rings (SSSR count). The van der Waals surface area contributed by atoms with Gasteiger partial charge in [-0.2, -0.15) is 0 Å². The van der Waals surface area contributed by atoms with Crippen LogP contribution in [0.1, 0.15) is 53.4 Å². The van der Waals surface area contributed by atoms with Crippen molar-refractivity contribution in [3.05, 3.63) is 0 Å². The Morgan fingerprint density at radius 3 is 2.35 bits per heavy atom. The molecule has 4 heteroatoms. The molecule has 1 aliphatic carbocycles. The number of hydrogen-bond acceptors (Lipinski definition) is 3. The molecule has 4 nitrogen and oxygen atoms in total. The predicted molar refractivity (Wildman–Crippen MR) is 66.9 cm³/mol. The number of carbonyl (C=O) groups excluding carboxylic acids is 1. The van der Waals surface area contributed by atoms with E-state index in [1.807, 2.05) is 27.7 Å². The Kier molecular flexibility index (Phi) is 4.80. The van der Waals surface area contributed by atoms with Gasteiger partial charge in [0.15, 0.2) is 0 Å². The fourth-order valence-electron chi connectivity index (χ4n) is 2.27. The highest BCUT2D eigenvalue weighted by Gasteiger charge is 2.33. The van der Waals surface area contributed by atoms with Crippen molar-refractivity contribution in [2.24, 2.45) is 0 Å². The fraction of sp³-hybridized carbons (Fsp3) is 0.923. The molecular weight excluding hydrogens is 218 g/mol. The number of aliphatic hydroxyl groups excluding tert-OH is 1. The highest BCUT2D eigenvalue weighted by Crippen LogP contribution is 2.26. The van der Waals surface area contributed by atoms with E-state index >= 15 is 0 Å². The maximum atomic E-state index is 12.1. The van der Waals surface area contributed by atoms with Crippen LogP contribution >= 0.6 is 0 Å². The van der Waals surface area contributed by atoms with Gasteiger partial charge in [-0.05, 0) is 40.5 Å². The van der Waals surface area contributed by atoms with Crippen LogP contribution in [0.5, 0.6) is 0 Å². The van der Waals surface area contributed by atoms with Crippen molar-refractivity contribution in [2.75, 3.05) is 6.61 Å². The van der Waals surface area contributed by atoms with Crippen molar-refractivity contribution in [3.63, 3.8) is 0 Å². The standard InChI is InChI=1S/C13H25NO3/c1-10(9-15)14(11-7-5-6-8-11)12(16)17-13(2,3)4/h10-11,15H,5-9H2,1-4H3. The van der Waals surface area contributed by atoms with Gasteiger partial charge < -0.3 is 14.7 Å². The van der Waals surface area contributed by atoms with Crippen LogP contribution in [0.4, 0.5) is 4.79 Å². The predicted octanol–water partition coefficient (Wildman–Crippen LogP) is 2.55. The quantitative estimate of drug-likeness (QED) is 0.828. The zero-order chi connectivity index (χ0) is 13.1. The van der Waals surface area contributed by atoms with E-state index in [1.165, 1.54) is 0 Å². The van der Waals surface area contributed by atoms with Gasteiger partial charge in [0, 0.05) is 6.04 Å². The monoisotopic (exact) mass is 243 g/mol. The highest BCUT2D eigenvalue weighted by atomic mass is 16.6. The Hall–Kier alpha value is -0.770. The van der Waals surface area contributed by atoms with E-state index in [1.54, 1.807) is 4.90 Å². The van der Waals surface area contributed by atoms with E-state index in [0.29, 0.717) is 0 Å². The number of ether oxygens (including phenoxy) is 1. The van der Waals surface area contributed by atoms with Crippen molar-refractivity contribution in [3.8, 4) is 0 Å². The van der Waals surface area contributed by atoms with Crippen molar-refractivity contribution < 1.29 is 14.6 Å². The Bertz CT molecular complexity index is 254. The van der Waals surface area contributed by atoms with Gasteiger partial charge in [-0.25, -0.2) is 4.79 Å². The van der Waals surface area contributed by atoms with Crippen LogP contribution in [0.15, 0.2) is 0 Å². The summed E-state index contributed by atoms with van der Waals surface area (Å²) in [5.41, 5.74) is -0.483. The van der Waals surface area contributed by atoms with Gasteiger partial charge in [-0.1, -0.05) is 12.8 Å². The first-order valence-corrected chi connectivity index (χ1v) is 6.47. The summed E-state index contributed by atoms with van der Waals surface area (Å²) in [6.07, 6.45) is 4.04. The van der Waals surface area contributed by atoms with Crippen LogP contribution in [0.3, 0.4) is 0 Å². The summed E-state index contributed by atoms with van der Waals surface area (Å²) in [6.45, 7) is 7.43. The van der Waals surface area contributed by atoms with Crippen molar-refractivity contribution >= 4 is 6.09 Å². The number of carbonyl (C=O) groups is 1. The van der Waals surface area contributed by atoms with E-state index < -0.39 is 5.60 Å². The minimum absolute atomic E-state index is 0.0181. The minimum atomic E-state index is -0.483. The van der Waals surface area contributed by atoms with Gasteiger partial charge in [0.05, 0.1) is 12.6 Å². The summed E-state index contributed by atoms with van der Waals surface area (Å²) < 4.78 is 5.41. The van der Waals surface area contributed by atoms with Gasteiger partial charge in [-0.3, -0.25) is 0 Å². The molecule has 0 aliphatic heterocycles. The van der Waals surface area contributed by atoms with Crippen LogP contribution in [0, 0.1) is 0 Å². The molecular formula is C13H25NO3. The minimum Gasteiger partial charge on any atom is -0.444 e. The van der Waals surface area contributed by atoms with E-state index in [4.69, 9.17) is 4.74 Å². The lowest BCUT2D eigenvalue weighted by Gasteiger charge is -2.35. The second kappa shape index (κ2) is 5.71. The maximum absolute atomic E-state index is 12.1. The molecule has 1 fully saturated rings. The average molecular weight is 243 g/mol. The van der Waals surface area contributed by atoms with Gasteiger partial charge in [-0.15, -0.1) is 0 Å². The largest absolute Gasteiger partial charge is 0.444 e. The van der Waals surface area contributed by atoms with Crippen LogP contribution in [0.25, 0.3) is 0 Å². The summed E-state index contributed by atoms with van der Waals surface area (Å²) in [7, 11) is 0. The third kappa shape index (κ3) is 4.19. The molecule has 0 aromatic heterocycles. The van der Waals surface area contributed by atoms with E-state index in [-0.39, 0.29) is 24.8 Å². The lowest BCUT2D eigenvalue weighted by Crippen LogP contribution is -2.48. The molecule has 1 amide bonds. The highest BCUT2D eigenvalue weighted by molar-refractivity contribution is 5.69. The van der Waals surface area contributed by atoms with E-state index in [2.05, 4.69) is 0 Å². The summed E-state index contributed by atoms with van der Waals surface area (Å²) >= 11 is 0. The van der Waals surface area contributed by atoms with Crippen LogP contribution in [0.2, 0.25) is 0 Å². The van der Waals surface area contributed by atoms with Crippen LogP contribution < -0.4 is 0 Å². The van der Waals surface area contributed by atoms with Crippen LogP contribution in [-0.2, 0) is 4.74 Å². The molecule has 100 valence electrons. The Morgan fingerprint density at radius 2 is 1.94 bits per heavy atom. The van der Waals surface area contributed by atoms with Gasteiger partial charge in [0.1, 0.15) is 5.60 Å². The summed E-state index contributed by atoms with van der Waals surface area (Å²) in [5.74, 6) is 0. The molecule has 1 saturated carbocycles. The molecule has 0 aromatic rings. The normalized spacial score (nSPS) is 19.1. The lowest BCUT2D eigenvalue weighted by atomic mass is 10.1. The summed E-state index contributed by atoms with van der Waals surface area (Å²) in [5, 5.41) is 9.26. The Balaban J connectivity index is 2.71. The number of rotatable bonds is 3. The van der Waals surface area contributed by atoms with Crippen molar-refractivity contribution in [2.45, 2.75) is 71.1 Å². The fourth-order valence-corrected chi connectivity index (χ4v) is 2.27. The van der Waals surface area contributed by atoms with Gasteiger partial charge >= 0.3 is 6.09 Å². The smallest absolute Gasteiger partial charge is 0.410 e. The van der Waals surface area contributed by atoms with Gasteiger partial charge in [0.25, 0.3) is 0 Å². The Labute approximate surface area is 104 Å². The SMILES string of the molecule is CC(CO)N(C(=O)OC(C)(C)C)C1CCCC1. The molecule has 1 unspecified atom stereocenters. The maximum Gasteiger partial charge on any atom is 0.410 e. The van der Waals surface area contributed by atoms with E-state index in [9.17, 15) is 9.90 Å². The first kappa shape index (κ1) is 14.3. The topological polar surface area (TPSA) is 49.8 Å². The molecule has 1 N–H and O–H groups in total. The van der Waals surface area contributed by atoms with Crippen molar-refractivity contribution in [1.82, 2.24) is 4.90 Å². The van der Waals surface area contributed by atoms with Crippen molar-refractivity contribution in [1.29, 1.82) is 0 Å². The van der Waals surface area contributed by atoms with E-state index in [0.717, 1.165) is 25.7 Å². The lowest BCUT2D eigenvalue weighted by molar-refractivity contribution is 0.000313. The molecule has 0 bridgehead atoms. The molecule has 0 radical (unpaired) electrons. The first-order valence-electron chi connectivity index (χ1n) is 6.47. The molecule has 17 heavy (non-hydrogen) atoms. The molecule has 0 heterocycles. The second-order valence-electron chi connectivity index (χ2n) is 5.86. The molecule has 1 aliphatic rings. The zero-order valence-corrected chi connectivity index (χ0v) is 11.4. The number of nitrogens with zero attached hydrogens (tertiary/aromatic N) is 1. The first-order chi connectivity index (χ1) is 7.85.